The van der Waals surface area contributed by atoms with Crippen LogP contribution in [0.4, 0.5) is 10.1 Å². The van der Waals surface area contributed by atoms with Crippen LogP contribution in [0.3, 0.4) is 0 Å². The average molecular weight is 559 g/mol. The number of hydrogen-bond donors (Lipinski definition) is 4. The van der Waals surface area contributed by atoms with E-state index in [1.165, 1.54) is 12.1 Å². The van der Waals surface area contributed by atoms with Crippen molar-refractivity contribution in [2.24, 2.45) is 0 Å². The predicted octanol–water partition coefficient (Wildman–Crippen LogP) is 6.66. The van der Waals surface area contributed by atoms with Gasteiger partial charge in [-0.3, -0.25) is 9.59 Å². The summed E-state index contributed by atoms with van der Waals surface area (Å²) in [6.45, 7) is 4.43. The van der Waals surface area contributed by atoms with E-state index in [4.69, 9.17) is 5.11 Å². The quantitative estimate of drug-likeness (QED) is 0.115. The molecule has 0 aliphatic heterocycles. The van der Waals surface area contributed by atoms with Gasteiger partial charge in [0.25, 0.3) is 5.91 Å². The molecule has 4 N–H and O–H groups in total. The summed E-state index contributed by atoms with van der Waals surface area (Å²) in [6, 6.07) is 24.9. The number of rotatable bonds is 12. The molecule has 41 heavy (non-hydrogen) atoms. The van der Waals surface area contributed by atoms with Crippen LogP contribution in [0.15, 0.2) is 84.9 Å². The number of nitrogens with one attached hydrogen (secondary N) is 1. The summed E-state index contributed by atoms with van der Waals surface area (Å²) >= 11 is 0. The number of amides is 1. The monoisotopic (exact) mass is 558 g/mol. The lowest BCUT2D eigenvalue weighted by Gasteiger charge is -2.21. The third kappa shape index (κ3) is 7.28. The third-order valence-corrected chi connectivity index (χ3v) is 6.93. The molecule has 1 heterocycles. The highest BCUT2D eigenvalue weighted by Gasteiger charge is 2.31. The number of benzene rings is 3. The number of carboxylic acids is 1. The van der Waals surface area contributed by atoms with E-state index in [-0.39, 0.29) is 24.1 Å². The fourth-order valence-electron chi connectivity index (χ4n) is 5.22. The Labute approximate surface area is 238 Å². The van der Waals surface area contributed by atoms with Crippen LogP contribution < -0.4 is 5.32 Å². The number of para-hydroxylation sites is 1. The second kappa shape index (κ2) is 12.9. The van der Waals surface area contributed by atoms with Gasteiger partial charge in [-0.25, -0.2) is 4.39 Å². The van der Waals surface area contributed by atoms with Crippen LogP contribution in [0.2, 0.25) is 0 Å². The molecule has 3 aromatic carbocycles. The van der Waals surface area contributed by atoms with Crippen LogP contribution in [0.25, 0.3) is 22.4 Å². The molecule has 8 heteroatoms. The Bertz CT molecular complexity index is 1480. The standard InChI is InChI=1S/C33H35FN2O5/c1-22(2)30-29(32(39)35-26-13-7-4-8-14-26)28(23-11-5-3-6-12-23)31(24-15-17-25(34)18-16-24)36(30)20-10-9-19-33(40,41)21-27(37)38/h3-8,11-18,22,40-41H,9-10,19-21H2,1-2H3,(H,35,39)(H,37,38). The minimum Gasteiger partial charge on any atom is -0.481 e. The summed E-state index contributed by atoms with van der Waals surface area (Å²) in [5, 5.41) is 32.2. The zero-order valence-electron chi connectivity index (χ0n) is 23.2. The third-order valence-electron chi connectivity index (χ3n) is 6.93. The van der Waals surface area contributed by atoms with Crippen LogP contribution in [-0.2, 0) is 11.3 Å². The molecule has 0 bridgehead atoms. The number of aliphatic hydroxyl groups is 2. The molecule has 4 aromatic rings. The van der Waals surface area contributed by atoms with Crippen molar-refractivity contribution >= 4 is 17.6 Å². The average Bonchev–Trinajstić information content (AvgIpc) is 3.27. The highest BCUT2D eigenvalue weighted by Crippen LogP contribution is 2.42. The Kier molecular flexibility index (Phi) is 9.37. The topological polar surface area (TPSA) is 112 Å². The van der Waals surface area contributed by atoms with Gasteiger partial charge in [0.2, 0.25) is 0 Å². The van der Waals surface area contributed by atoms with Crippen molar-refractivity contribution in [3.63, 3.8) is 0 Å². The maximum Gasteiger partial charge on any atom is 0.308 e. The Balaban J connectivity index is 1.87. The molecule has 1 amide bonds. The number of carbonyl (C=O) groups excluding carboxylic acids is 1. The van der Waals surface area contributed by atoms with Crippen molar-refractivity contribution in [2.75, 3.05) is 5.32 Å². The summed E-state index contributed by atoms with van der Waals surface area (Å²) in [6.07, 6.45) is -0.0585. The van der Waals surface area contributed by atoms with E-state index in [0.29, 0.717) is 30.6 Å². The van der Waals surface area contributed by atoms with Gasteiger partial charge in [-0.1, -0.05) is 62.4 Å². The first-order valence-electron chi connectivity index (χ1n) is 13.7. The van der Waals surface area contributed by atoms with Gasteiger partial charge in [0.1, 0.15) is 5.82 Å². The fraction of sp³-hybridized carbons (Fsp3) is 0.273. The lowest BCUT2D eigenvalue weighted by Crippen LogP contribution is -2.31. The summed E-state index contributed by atoms with van der Waals surface area (Å²) < 4.78 is 16.1. The molecule has 0 radical (unpaired) electrons. The van der Waals surface area contributed by atoms with Crippen LogP contribution in [-0.4, -0.2) is 37.6 Å². The molecule has 214 valence electrons. The first-order valence-corrected chi connectivity index (χ1v) is 13.7. The van der Waals surface area contributed by atoms with Crippen molar-refractivity contribution in [1.82, 2.24) is 4.57 Å². The maximum atomic E-state index is 14.0. The number of unbranched alkanes of at least 4 members (excludes halogenated alkanes) is 1. The second-order valence-electron chi connectivity index (χ2n) is 10.5. The van der Waals surface area contributed by atoms with E-state index in [2.05, 4.69) is 9.88 Å². The maximum absolute atomic E-state index is 14.0. The van der Waals surface area contributed by atoms with Gasteiger partial charge in [-0.15, -0.1) is 0 Å². The van der Waals surface area contributed by atoms with E-state index in [0.717, 1.165) is 28.1 Å². The molecule has 0 aliphatic carbocycles. The van der Waals surface area contributed by atoms with Gasteiger partial charge in [-0.2, -0.15) is 0 Å². The van der Waals surface area contributed by atoms with E-state index in [9.17, 15) is 24.2 Å². The molecule has 7 nitrogen and oxygen atoms in total. The number of halogens is 1. The fourth-order valence-corrected chi connectivity index (χ4v) is 5.22. The Hall–Kier alpha value is -4.27. The largest absolute Gasteiger partial charge is 0.481 e. The second-order valence-corrected chi connectivity index (χ2v) is 10.5. The van der Waals surface area contributed by atoms with Crippen molar-refractivity contribution in [3.05, 3.63) is 102 Å². The van der Waals surface area contributed by atoms with Crippen LogP contribution in [0.5, 0.6) is 0 Å². The normalized spacial score (nSPS) is 11.6. The Morgan fingerprint density at radius 1 is 0.878 bits per heavy atom. The number of nitrogens with zero attached hydrogens (tertiary/aromatic N) is 1. The first-order chi connectivity index (χ1) is 19.6. The number of hydrogen-bond acceptors (Lipinski definition) is 4. The smallest absolute Gasteiger partial charge is 0.308 e. The van der Waals surface area contributed by atoms with Crippen LogP contribution in [0.1, 0.15) is 61.5 Å². The van der Waals surface area contributed by atoms with Gasteiger partial charge in [0, 0.05) is 29.9 Å². The van der Waals surface area contributed by atoms with Gasteiger partial charge < -0.3 is 25.2 Å². The summed E-state index contributed by atoms with van der Waals surface area (Å²) in [7, 11) is 0. The molecule has 0 atom stereocenters. The van der Waals surface area contributed by atoms with Crippen molar-refractivity contribution in [3.8, 4) is 22.4 Å². The summed E-state index contributed by atoms with van der Waals surface area (Å²) in [4.78, 5) is 25.0. The van der Waals surface area contributed by atoms with Gasteiger partial charge in [0.15, 0.2) is 5.79 Å². The zero-order valence-corrected chi connectivity index (χ0v) is 23.2. The summed E-state index contributed by atoms with van der Waals surface area (Å²) in [5.74, 6) is -4.32. The molecule has 0 fully saturated rings. The molecule has 0 saturated heterocycles. The predicted molar refractivity (Wildman–Crippen MR) is 157 cm³/mol. The molecule has 1 aromatic heterocycles. The molecule has 0 unspecified atom stereocenters. The molecule has 4 rings (SSSR count). The van der Waals surface area contributed by atoms with E-state index < -0.39 is 18.2 Å². The molecular formula is C33H35FN2O5. The molecular weight excluding hydrogens is 523 g/mol. The minimum absolute atomic E-state index is 0.0787. The van der Waals surface area contributed by atoms with Crippen molar-refractivity contribution in [2.45, 2.75) is 57.8 Å². The zero-order chi connectivity index (χ0) is 29.6. The first kappa shape index (κ1) is 29.7. The number of anilines is 1. The molecule has 0 saturated carbocycles. The summed E-state index contributed by atoms with van der Waals surface area (Å²) in [5.41, 5.74) is 5.00. The number of carbonyl (C=O) groups is 2. The Morgan fingerprint density at radius 2 is 1.49 bits per heavy atom. The van der Waals surface area contributed by atoms with Crippen molar-refractivity contribution < 1.29 is 29.3 Å². The van der Waals surface area contributed by atoms with Crippen LogP contribution >= 0.6 is 0 Å². The van der Waals surface area contributed by atoms with E-state index in [1.54, 1.807) is 12.1 Å². The highest BCUT2D eigenvalue weighted by molar-refractivity contribution is 6.12. The molecule has 0 aliphatic rings. The van der Waals surface area contributed by atoms with Gasteiger partial charge in [-0.05, 0) is 66.3 Å². The lowest BCUT2D eigenvalue weighted by molar-refractivity contribution is -0.184. The highest BCUT2D eigenvalue weighted by atomic mass is 19.1. The van der Waals surface area contributed by atoms with Crippen molar-refractivity contribution in [1.29, 1.82) is 0 Å². The minimum atomic E-state index is -2.31. The van der Waals surface area contributed by atoms with E-state index in [1.807, 2.05) is 74.5 Å². The number of aromatic nitrogens is 1. The lowest BCUT2D eigenvalue weighted by atomic mass is 9.94. The van der Waals surface area contributed by atoms with Gasteiger partial charge >= 0.3 is 5.97 Å². The Morgan fingerprint density at radius 3 is 2.07 bits per heavy atom. The SMILES string of the molecule is CC(C)c1c(C(=O)Nc2ccccc2)c(-c2ccccc2)c(-c2ccc(F)cc2)n1CCCCC(O)(O)CC(=O)O. The molecule has 0 spiro atoms. The van der Waals surface area contributed by atoms with Crippen LogP contribution in [0, 0.1) is 5.82 Å². The van der Waals surface area contributed by atoms with Gasteiger partial charge in [0.05, 0.1) is 17.7 Å². The number of aliphatic carboxylic acids is 1. The van der Waals surface area contributed by atoms with E-state index >= 15 is 0 Å². The number of carboxylic acid groups (broad SMARTS) is 1.